The first-order valence-electron chi connectivity index (χ1n) is 11.7. The van der Waals surface area contributed by atoms with Gasteiger partial charge in [0.05, 0.1) is 7.11 Å². The Balaban J connectivity index is 1.98. The molecule has 35 heavy (non-hydrogen) atoms. The number of ether oxygens (including phenoxy) is 1. The van der Waals surface area contributed by atoms with E-state index in [0.717, 1.165) is 27.8 Å². The van der Waals surface area contributed by atoms with Crippen LogP contribution in [0.5, 0.6) is 5.88 Å². The molecule has 1 aromatic heterocycles. The summed E-state index contributed by atoms with van der Waals surface area (Å²) in [5.41, 5.74) is 2.92. The van der Waals surface area contributed by atoms with Gasteiger partial charge in [0.2, 0.25) is 5.88 Å². The fourth-order valence-corrected chi connectivity index (χ4v) is 4.58. The second kappa shape index (κ2) is 10.8. The monoisotopic (exact) mass is 470 g/mol. The van der Waals surface area contributed by atoms with Crippen LogP contribution in [-0.4, -0.2) is 42.7 Å². The van der Waals surface area contributed by atoms with E-state index in [-0.39, 0.29) is 5.82 Å². The molecule has 3 aromatic carbocycles. The van der Waals surface area contributed by atoms with Gasteiger partial charge < -0.3 is 14.7 Å². The van der Waals surface area contributed by atoms with Crippen LogP contribution in [0.1, 0.15) is 29.0 Å². The highest BCUT2D eigenvalue weighted by molar-refractivity contribution is 5.65. The number of benzene rings is 3. The molecule has 4 rings (SSSR count). The van der Waals surface area contributed by atoms with E-state index < -0.39 is 11.5 Å². The molecular formula is C30H31FN2O2. The molecule has 0 aliphatic heterocycles. The van der Waals surface area contributed by atoms with E-state index in [4.69, 9.17) is 4.74 Å². The lowest BCUT2D eigenvalue weighted by Gasteiger charge is -2.39. The van der Waals surface area contributed by atoms with E-state index >= 15 is 0 Å². The molecule has 4 aromatic rings. The SMILES string of the molecule is COc1ncc(-c2ccccc2)cc1C(c1ccc(F)cc1)C(O)(CCN(C)C)c1ccccc1. The molecule has 0 bridgehead atoms. The number of hydrogen-bond acceptors (Lipinski definition) is 4. The molecule has 0 fully saturated rings. The minimum Gasteiger partial charge on any atom is -0.481 e. The van der Waals surface area contributed by atoms with Crippen molar-refractivity contribution in [1.82, 2.24) is 9.88 Å². The number of rotatable bonds is 9. The molecule has 0 spiro atoms. The van der Waals surface area contributed by atoms with Crippen LogP contribution >= 0.6 is 0 Å². The van der Waals surface area contributed by atoms with Gasteiger partial charge in [-0.05, 0) is 55.4 Å². The molecular weight excluding hydrogens is 439 g/mol. The third-order valence-electron chi connectivity index (χ3n) is 6.39. The number of pyridine rings is 1. The second-order valence-electron chi connectivity index (χ2n) is 9.02. The number of halogens is 1. The van der Waals surface area contributed by atoms with Gasteiger partial charge in [-0.3, -0.25) is 0 Å². The van der Waals surface area contributed by atoms with E-state index in [9.17, 15) is 9.50 Å². The zero-order valence-corrected chi connectivity index (χ0v) is 20.4. The van der Waals surface area contributed by atoms with Crippen molar-refractivity contribution in [3.63, 3.8) is 0 Å². The van der Waals surface area contributed by atoms with Crippen LogP contribution in [0.2, 0.25) is 0 Å². The Morgan fingerprint density at radius 3 is 2.14 bits per heavy atom. The molecule has 2 atom stereocenters. The molecule has 0 radical (unpaired) electrons. The summed E-state index contributed by atoms with van der Waals surface area (Å²) in [5.74, 6) is -0.457. The van der Waals surface area contributed by atoms with Crippen molar-refractivity contribution in [2.75, 3.05) is 27.7 Å². The van der Waals surface area contributed by atoms with Crippen LogP contribution in [0.4, 0.5) is 4.39 Å². The van der Waals surface area contributed by atoms with Crippen LogP contribution in [0.15, 0.2) is 97.2 Å². The van der Waals surface area contributed by atoms with Crippen LogP contribution < -0.4 is 4.74 Å². The largest absolute Gasteiger partial charge is 0.481 e. The summed E-state index contributed by atoms with van der Waals surface area (Å²) in [7, 11) is 5.55. The molecule has 0 amide bonds. The van der Waals surface area contributed by atoms with Crippen molar-refractivity contribution in [3.05, 3.63) is 120 Å². The summed E-state index contributed by atoms with van der Waals surface area (Å²) in [6.45, 7) is 0.650. The summed E-state index contributed by atoms with van der Waals surface area (Å²) in [5, 5.41) is 12.5. The normalized spacial score (nSPS) is 13.9. The predicted molar refractivity (Wildman–Crippen MR) is 138 cm³/mol. The Bertz CT molecular complexity index is 1230. The molecule has 0 aliphatic carbocycles. The molecule has 0 saturated heterocycles. The molecule has 5 heteroatoms. The molecule has 2 unspecified atom stereocenters. The fourth-order valence-electron chi connectivity index (χ4n) is 4.58. The molecule has 0 saturated carbocycles. The lowest BCUT2D eigenvalue weighted by molar-refractivity contribution is 0.00375. The Hall–Kier alpha value is -3.54. The van der Waals surface area contributed by atoms with E-state index in [2.05, 4.69) is 4.98 Å². The maximum absolute atomic E-state index is 14.0. The lowest BCUT2D eigenvalue weighted by Crippen LogP contribution is -2.37. The first-order valence-corrected chi connectivity index (χ1v) is 11.7. The summed E-state index contributed by atoms with van der Waals surface area (Å²) >= 11 is 0. The average molecular weight is 471 g/mol. The van der Waals surface area contributed by atoms with Gasteiger partial charge in [0, 0.05) is 29.8 Å². The van der Waals surface area contributed by atoms with E-state index in [1.807, 2.05) is 85.7 Å². The summed E-state index contributed by atoms with van der Waals surface area (Å²) in [6.07, 6.45) is 2.23. The van der Waals surface area contributed by atoms with Crippen molar-refractivity contribution in [2.24, 2.45) is 0 Å². The van der Waals surface area contributed by atoms with Gasteiger partial charge in [0.1, 0.15) is 11.4 Å². The van der Waals surface area contributed by atoms with Gasteiger partial charge >= 0.3 is 0 Å². The van der Waals surface area contributed by atoms with Crippen LogP contribution in [-0.2, 0) is 5.60 Å². The second-order valence-corrected chi connectivity index (χ2v) is 9.02. The number of nitrogens with zero attached hydrogens (tertiary/aromatic N) is 2. The highest BCUT2D eigenvalue weighted by Crippen LogP contribution is 2.47. The van der Waals surface area contributed by atoms with Crippen LogP contribution in [0.3, 0.4) is 0 Å². The van der Waals surface area contributed by atoms with E-state index in [1.54, 1.807) is 25.4 Å². The predicted octanol–water partition coefficient (Wildman–Crippen LogP) is 5.87. The third kappa shape index (κ3) is 5.42. The smallest absolute Gasteiger partial charge is 0.217 e. The Labute approximate surface area is 206 Å². The Morgan fingerprint density at radius 2 is 1.54 bits per heavy atom. The third-order valence-corrected chi connectivity index (χ3v) is 6.39. The van der Waals surface area contributed by atoms with Crippen molar-refractivity contribution in [3.8, 4) is 17.0 Å². The van der Waals surface area contributed by atoms with Crippen LogP contribution in [0.25, 0.3) is 11.1 Å². The number of hydrogen-bond donors (Lipinski definition) is 1. The van der Waals surface area contributed by atoms with E-state index in [0.29, 0.717) is 18.8 Å². The van der Waals surface area contributed by atoms with Crippen molar-refractivity contribution >= 4 is 0 Å². The van der Waals surface area contributed by atoms with Gasteiger partial charge in [-0.1, -0.05) is 72.8 Å². The Morgan fingerprint density at radius 1 is 0.914 bits per heavy atom. The van der Waals surface area contributed by atoms with Crippen LogP contribution in [0, 0.1) is 5.82 Å². The maximum atomic E-state index is 14.0. The fraction of sp³-hybridized carbons (Fsp3) is 0.233. The average Bonchev–Trinajstić information content (AvgIpc) is 2.89. The number of aromatic nitrogens is 1. The summed E-state index contributed by atoms with van der Waals surface area (Å²) in [6, 6.07) is 28.0. The molecule has 1 N–H and O–H groups in total. The minimum atomic E-state index is -1.31. The van der Waals surface area contributed by atoms with Crippen molar-refractivity contribution in [2.45, 2.75) is 17.9 Å². The zero-order chi connectivity index (χ0) is 24.8. The molecule has 180 valence electrons. The van der Waals surface area contributed by atoms with Gasteiger partial charge in [-0.25, -0.2) is 9.37 Å². The highest BCUT2D eigenvalue weighted by Gasteiger charge is 2.42. The molecule has 1 heterocycles. The highest BCUT2D eigenvalue weighted by atomic mass is 19.1. The standard InChI is InChI=1S/C30H31FN2O2/c1-33(2)19-18-30(34,25-12-8-5-9-13-25)28(23-14-16-26(31)17-15-23)27-20-24(21-32-29(27)35-3)22-10-6-4-7-11-22/h4-17,20-21,28,34H,18-19H2,1-3H3. The first-order chi connectivity index (χ1) is 16.9. The van der Waals surface area contributed by atoms with Gasteiger partial charge in [-0.2, -0.15) is 0 Å². The summed E-state index contributed by atoms with van der Waals surface area (Å²) < 4.78 is 19.7. The number of methoxy groups -OCH3 is 1. The van der Waals surface area contributed by atoms with Gasteiger partial charge in [-0.15, -0.1) is 0 Å². The Kier molecular flexibility index (Phi) is 7.59. The van der Waals surface area contributed by atoms with E-state index in [1.165, 1.54) is 12.1 Å². The van der Waals surface area contributed by atoms with Gasteiger partial charge in [0.15, 0.2) is 0 Å². The first kappa shape index (κ1) is 24.6. The molecule has 0 aliphatic rings. The minimum absolute atomic E-state index is 0.327. The maximum Gasteiger partial charge on any atom is 0.217 e. The zero-order valence-electron chi connectivity index (χ0n) is 20.4. The number of aliphatic hydroxyl groups is 1. The topological polar surface area (TPSA) is 45.6 Å². The summed E-state index contributed by atoms with van der Waals surface area (Å²) in [4.78, 5) is 6.67. The van der Waals surface area contributed by atoms with Gasteiger partial charge in [0.25, 0.3) is 0 Å². The molecule has 4 nitrogen and oxygen atoms in total. The lowest BCUT2D eigenvalue weighted by atomic mass is 9.71. The van der Waals surface area contributed by atoms with Crippen molar-refractivity contribution < 1.29 is 14.2 Å². The van der Waals surface area contributed by atoms with Crippen molar-refractivity contribution in [1.29, 1.82) is 0 Å². The quantitative estimate of drug-likeness (QED) is 0.332.